The first-order valence-corrected chi connectivity index (χ1v) is 10.8. The molecule has 0 radical (unpaired) electrons. The van der Waals surface area contributed by atoms with Crippen molar-refractivity contribution in [1.29, 1.82) is 0 Å². The zero-order valence-corrected chi connectivity index (χ0v) is 17.7. The minimum atomic E-state index is -4.40. The predicted molar refractivity (Wildman–Crippen MR) is 117 cm³/mol. The Hall–Kier alpha value is -3.55. The van der Waals surface area contributed by atoms with Gasteiger partial charge in [-0.05, 0) is 37.1 Å². The summed E-state index contributed by atoms with van der Waals surface area (Å²) in [5.41, 5.74) is 0.908. The van der Waals surface area contributed by atoms with Crippen molar-refractivity contribution in [3.8, 4) is 11.5 Å². The predicted octanol–water partition coefficient (Wildman–Crippen LogP) is 5.12. The molecule has 1 N–H and O–H groups in total. The standard InChI is InChI=1S/C25H22F3N3O2/c26-25(27,28)16-9-10-22(29-15-16)31-13-11-17(12-14-31)30-24(32)23-18-5-1-3-7-20(18)33-21-8-4-2-6-19(21)23/h1-10,15,17,23H,11-14H2,(H,30,32). The second-order valence-corrected chi connectivity index (χ2v) is 8.28. The fraction of sp³-hybridized carbons (Fsp3) is 0.280. The van der Waals surface area contributed by atoms with Crippen LogP contribution in [0.2, 0.25) is 0 Å². The SMILES string of the molecule is O=C(NC1CCN(c2ccc(C(F)(F)F)cn2)CC1)C1c2ccccc2Oc2ccccc21. The van der Waals surface area contributed by atoms with E-state index in [-0.39, 0.29) is 11.9 Å². The van der Waals surface area contributed by atoms with Gasteiger partial charge in [-0.1, -0.05) is 36.4 Å². The summed E-state index contributed by atoms with van der Waals surface area (Å²) in [6.45, 7) is 1.20. The molecule has 8 heteroatoms. The summed E-state index contributed by atoms with van der Waals surface area (Å²) in [6, 6.07) is 17.5. The van der Waals surface area contributed by atoms with Crippen molar-refractivity contribution in [3.05, 3.63) is 83.6 Å². The number of pyridine rings is 1. The van der Waals surface area contributed by atoms with Gasteiger partial charge in [-0.15, -0.1) is 0 Å². The van der Waals surface area contributed by atoms with Gasteiger partial charge < -0.3 is 15.0 Å². The Labute approximate surface area is 189 Å². The van der Waals surface area contributed by atoms with Gasteiger partial charge in [0.1, 0.15) is 17.3 Å². The Morgan fingerprint density at radius 1 is 0.939 bits per heavy atom. The molecule has 0 bridgehead atoms. The molecule has 0 unspecified atom stereocenters. The van der Waals surface area contributed by atoms with Crippen LogP contribution >= 0.6 is 0 Å². The maximum atomic E-state index is 13.4. The normalized spacial score (nSPS) is 16.5. The first-order valence-electron chi connectivity index (χ1n) is 10.8. The monoisotopic (exact) mass is 453 g/mol. The fourth-order valence-electron chi connectivity index (χ4n) is 4.47. The van der Waals surface area contributed by atoms with E-state index < -0.39 is 17.7 Å². The molecule has 33 heavy (non-hydrogen) atoms. The summed E-state index contributed by atoms with van der Waals surface area (Å²) in [6.07, 6.45) is -2.17. The molecule has 5 rings (SSSR count). The Bertz CT molecular complexity index is 1110. The van der Waals surface area contributed by atoms with Gasteiger partial charge in [0.2, 0.25) is 5.91 Å². The van der Waals surface area contributed by atoms with E-state index in [2.05, 4.69) is 10.3 Å². The summed E-state index contributed by atoms with van der Waals surface area (Å²) < 4.78 is 44.3. The van der Waals surface area contributed by atoms with Crippen LogP contribution in [0.1, 0.15) is 35.4 Å². The molecule has 0 saturated carbocycles. The van der Waals surface area contributed by atoms with Gasteiger partial charge in [-0.3, -0.25) is 4.79 Å². The third-order valence-electron chi connectivity index (χ3n) is 6.18. The number of nitrogens with one attached hydrogen (secondary N) is 1. The van der Waals surface area contributed by atoms with Gasteiger partial charge in [-0.25, -0.2) is 4.98 Å². The van der Waals surface area contributed by atoms with E-state index >= 15 is 0 Å². The molecule has 0 aliphatic carbocycles. The van der Waals surface area contributed by atoms with Crippen molar-refractivity contribution >= 4 is 11.7 Å². The number of alkyl halides is 3. The Morgan fingerprint density at radius 3 is 2.09 bits per heavy atom. The second kappa shape index (κ2) is 8.42. The highest BCUT2D eigenvalue weighted by Gasteiger charge is 2.34. The fourth-order valence-corrected chi connectivity index (χ4v) is 4.47. The van der Waals surface area contributed by atoms with Gasteiger partial charge in [0, 0.05) is 36.5 Å². The van der Waals surface area contributed by atoms with Gasteiger partial charge in [0.05, 0.1) is 11.5 Å². The second-order valence-electron chi connectivity index (χ2n) is 8.28. The maximum Gasteiger partial charge on any atom is 0.417 e. The minimum absolute atomic E-state index is 0.0228. The number of ether oxygens (including phenoxy) is 1. The maximum absolute atomic E-state index is 13.4. The summed E-state index contributed by atoms with van der Waals surface area (Å²) >= 11 is 0. The van der Waals surface area contributed by atoms with Crippen molar-refractivity contribution in [2.45, 2.75) is 31.0 Å². The number of piperidine rings is 1. The quantitative estimate of drug-likeness (QED) is 0.598. The third kappa shape index (κ3) is 4.25. The molecule has 2 aromatic carbocycles. The highest BCUT2D eigenvalue weighted by atomic mass is 19.4. The highest BCUT2D eigenvalue weighted by molar-refractivity contribution is 5.89. The van der Waals surface area contributed by atoms with Crippen molar-refractivity contribution in [3.63, 3.8) is 0 Å². The van der Waals surface area contributed by atoms with E-state index in [1.807, 2.05) is 53.4 Å². The number of amides is 1. The number of hydrogen-bond donors (Lipinski definition) is 1. The minimum Gasteiger partial charge on any atom is -0.457 e. The molecule has 1 aromatic heterocycles. The van der Waals surface area contributed by atoms with Gasteiger partial charge in [0.25, 0.3) is 0 Å². The molecule has 5 nitrogen and oxygen atoms in total. The number of nitrogens with zero attached hydrogens (tertiary/aromatic N) is 2. The number of fused-ring (bicyclic) bond motifs is 2. The summed E-state index contributed by atoms with van der Waals surface area (Å²) in [7, 11) is 0. The average molecular weight is 453 g/mol. The van der Waals surface area contributed by atoms with Crippen LogP contribution in [0.4, 0.5) is 19.0 Å². The molecule has 170 valence electrons. The number of carbonyl (C=O) groups is 1. The Balaban J connectivity index is 1.26. The Morgan fingerprint density at radius 2 is 1.55 bits per heavy atom. The summed E-state index contributed by atoms with van der Waals surface area (Å²) in [5.74, 6) is 1.34. The molecule has 0 spiro atoms. The lowest BCUT2D eigenvalue weighted by atomic mass is 9.87. The van der Waals surface area contributed by atoms with Crippen molar-refractivity contribution in [1.82, 2.24) is 10.3 Å². The number of aromatic nitrogens is 1. The molecular formula is C25H22F3N3O2. The van der Waals surface area contributed by atoms with E-state index in [1.165, 1.54) is 6.07 Å². The number of para-hydroxylation sites is 2. The van der Waals surface area contributed by atoms with Gasteiger partial charge in [0.15, 0.2) is 0 Å². The van der Waals surface area contributed by atoms with Crippen LogP contribution in [0.25, 0.3) is 0 Å². The van der Waals surface area contributed by atoms with E-state index in [1.54, 1.807) is 0 Å². The van der Waals surface area contributed by atoms with Crippen LogP contribution in [0.5, 0.6) is 11.5 Å². The number of benzene rings is 2. The molecule has 1 amide bonds. The lowest BCUT2D eigenvalue weighted by molar-refractivity contribution is -0.137. The van der Waals surface area contributed by atoms with Gasteiger partial charge >= 0.3 is 6.18 Å². The van der Waals surface area contributed by atoms with E-state index in [0.29, 0.717) is 43.2 Å². The van der Waals surface area contributed by atoms with Crippen LogP contribution in [0, 0.1) is 0 Å². The molecule has 2 aliphatic rings. The van der Waals surface area contributed by atoms with Crippen molar-refractivity contribution in [2.24, 2.45) is 0 Å². The lowest BCUT2D eigenvalue weighted by Crippen LogP contribution is -2.46. The Kier molecular flexibility index (Phi) is 5.44. The molecule has 3 aromatic rings. The van der Waals surface area contributed by atoms with Crippen LogP contribution in [-0.4, -0.2) is 30.0 Å². The van der Waals surface area contributed by atoms with E-state index in [9.17, 15) is 18.0 Å². The third-order valence-corrected chi connectivity index (χ3v) is 6.18. The molecule has 0 atom stereocenters. The van der Waals surface area contributed by atoms with Crippen molar-refractivity contribution in [2.75, 3.05) is 18.0 Å². The number of carbonyl (C=O) groups excluding carboxylic acids is 1. The number of rotatable bonds is 3. The molecular weight excluding hydrogens is 431 g/mol. The van der Waals surface area contributed by atoms with Crippen LogP contribution < -0.4 is 15.0 Å². The van der Waals surface area contributed by atoms with Gasteiger partial charge in [-0.2, -0.15) is 13.2 Å². The van der Waals surface area contributed by atoms with E-state index in [4.69, 9.17) is 4.74 Å². The topological polar surface area (TPSA) is 54.5 Å². The molecule has 1 fully saturated rings. The lowest BCUT2D eigenvalue weighted by Gasteiger charge is -2.34. The number of anilines is 1. The molecule has 2 aliphatic heterocycles. The molecule has 3 heterocycles. The highest BCUT2D eigenvalue weighted by Crippen LogP contribution is 2.44. The van der Waals surface area contributed by atoms with E-state index in [0.717, 1.165) is 23.4 Å². The largest absolute Gasteiger partial charge is 0.457 e. The smallest absolute Gasteiger partial charge is 0.417 e. The number of hydrogen-bond acceptors (Lipinski definition) is 4. The zero-order valence-electron chi connectivity index (χ0n) is 17.7. The van der Waals surface area contributed by atoms with Crippen LogP contribution in [0.15, 0.2) is 66.9 Å². The average Bonchev–Trinajstić information content (AvgIpc) is 2.82. The summed E-state index contributed by atoms with van der Waals surface area (Å²) in [4.78, 5) is 19.3. The van der Waals surface area contributed by atoms with Crippen LogP contribution in [0.3, 0.4) is 0 Å². The molecule has 1 saturated heterocycles. The summed E-state index contributed by atoms with van der Waals surface area (Å²) in [5, 5.41) is 3.18. The van der Waals surface area contributed by atoms with Crippen LogP contribution in [-0.2, 0) is 11.0 Å². The van der Waals surface area contributed by atoms with Crippen molar-refractivity contribution < 1.29 is 22.7 Å². The first-order chi connectivity index (χ1) is 15.9. The number of halogens is 3. The first kappa shape index (κ1) is 21.3. The zero-order chi connectivity index (χ0) is 23.0.